The number of nitrogens with zero attached hydrogens (tertiary/aromatic N) is 1. The van der Waals surface area contributed by atoms with Crippen molar-refractivity contribution in [1.29, 1.82) is 0 Å². The van der Waals surface area contributed by atoms with Crippen LogP contribution in [0.2, 0.25) is 0 Å². The van der Waals surface area contributed by atoms with E-state index in [2.05, 4.69) is 27.7 Å². The summed E-state index contributed by atoms with van der Waals surface area (Å²) >= 11 is 2.13. The van der Waals surface area contributed by atoms with Crippen molar-refractivity contribution in [1.82, 2.24) is 0 Å². The van der Waals surface area contributed by atoms with Crippen molar-refractivity contribution >= 4 is 34.4 Å². The van der Waals surface area contributed by atoms with Gasteiger partial charge in [0, 0.05) is 9.13 Å². The largest absolute Gasteiger partial charge is 0.380 e. The number of hydrogen-bond acceptors (Lipinski definition) is 3. The van der Waals surface area contributed by atoms with Crippen LogP contribution in [0.1, 0.15) is 21.5 Å². The van der Waals surface area contributed by atoms with Gasteiger partial charge in [0.25, 0.3) is 0 Å². The van der Waals surface area contributed by atoms with Gasteiger partial charge in [-0.3, -0.25) is 0 Å². The van der Waals surface area contributed by atoms with E-state index in [0.717, 1.165) is 14.7 Å². The van der Waals surface area contributed by atoms with Crippen LogP contribution in [0.3, 0.4) is 0 Å². The smallest absolute Gasteiger partial charge is 0.365 e. The van der Waals surface area contributed by atoms with Gasteiger partial charge in [-0.05, 0) is 53.3 Å². The summed E-state index contributed by atoms with van der Waals surface area (Å²) in [4.78, 5) is 16.7. The van der Waals surface area contributed by atoms with Crippen molar-refractivity contribution in [3.63, 3.8) is 0 Å². The maximum absolute atomic E-state index is 11.8. The number of rotatable bonds is 3. The van der Waals surface area contributed by atoms with E-state index >= 15 is 0 Å². The van der Waals surface area contributed by atoms with Gasteiger partial charge in [0.05, 0.1) is 5.56 Å². The molecule has 2 rings (SSSR count). The summed E-state index contributed by atoms with van der Waals surface area (Å²) in [5.74, 6) is -0.345. The topological polar surface area (TPSA) is 64.7 Å². The zero-order chi connectivity index (χ0) is 14.5. The lowest BCUT2D eigenvalue weighted by atomic mass is 10.1. The van der Waals surface area contributed by atoms with Crippen molar-refractivity contribution in [2.75, 3.05) is 0 Å². The van der Waals surface area contributed by atoms with Crippen molar-refractivity contribution in [2.45, 2.75) is 6.92 Å². The summed E-state index contributed by atoms with van der Waals surface area (Å²) in [5, 5.41) is 3.70. The minimum atomic E-state index is -0.528. The molecule has 5 heteroatoms. The van der Waals surface area contributed by atoms with Crippen LogP contribution in [0.4, 0.5) is 0 Å². The van der Waals surface area contributed by atoms with Crippen LogP contribution < -0.4 is 5.73 Å². The number of aryl methyl sites for hydroxylation is 1. The summed E-state index contributed by atoms with van der Waals surface area (Å²) in [5.41, 5.74) is 7.99. The fourth-order valence-corrected chi connectivity index (χ4v) is 2.21. The number of amidine groups is 1. The van der Waals surface area contributed by atoms with E-state index in [4.69, 9.17) is 10.6 Å². The lowest BCUT2D eigenvalue weighted by Crippen LogP contribution is -2.16. The molecule has 0 unspecified atom stereocenters. The first-order valence-electron chi connectivity index (χ1n) is 5.94. The second-order valence-corrected chi connectivity index (χ2v) is 5.43. The quantitative estimate of drug-likeness (QED) is 0.293. The molecule has 4 nitrogen and oxygen atoms in total. The van der Waals surface area contributed by atoms with Gasteiger partial charge >= 0.3 is 5.97 Å². The van der Waals surface area contributed by atoms with Gasteiger partial charge in [-0.25, -0.2) is 4.79 Å². The maximum atomic E-state index is 11.8. The third-order valence-electron chi connectivity index (χ3n) is 2.71. The highest BCUT2D eigenvalue weighted by Gasteiger charge is 2.09. The van der Waals surface area contributed by atoms with Crippen LogP contribution in [-0.2, 0) is 4.84 Å². The van der Waals surface area contributed by atoms with E-state index in [1.54, 1.807) is 18.2 Å². The van der Waals surface area contributed by atoms with Gasteiger partial charge in [0.2, 0.25) is 0 Å². The molecule has 2 aromatic rings. The minimum Gasteiger partial charge on any atom is -0.380 e. The SMILES string of the molecule is Cc1ccccc1/C(N)=N\OC(=O)c1cccc(I)c1. The number of oxime groups is 1. The number of carbonyl (C=O) groups excluding carboxylic acids is 1. The molecule has 102 valence electrons. The molecular weight excluding hydrogens is 367 g/mol. The molecule has 0 bridgehead atoms. The Hall–Kier alpha value is -1.89. The molecule has 0 spiro atoms. The van der Waals surface area contributed by atoms with Gasteiger partial charge in [-0.2, -0.15) is 0 Å². The van der Waals surface area contributed by atoms with E-state index in [9.17, 15) is 4.79 Å². The van der Waals surface area contributed by atoms with E-state index in [1.807, 2.05) is 37.3 Å². The van der Waals surface area contributed by atoms with Crippen LogP contribution in [-0.4, -0.2) is 11.8 Å². The van der Waals surface area contributed by atoms with Crippen molar-refractivity contribution in [2.24, 2.45) is 10.9 Å². The number of halogens is 1. The van der Waals surface area contributed by atoms with E-state index in [0.29, 0.717) is 5.56 Å². The molecule has 0 saturated carbocycles. The van der Waals surface area contributed by atoms with Crippen LogP contribution in [0.5, 0.6) is 0 Å². The first-order chi connectivity index (χ1) is 9.58. The predicted octanol–water partition coefficient (Wildman–Crippen LogP) is 3.08. The van der Waals surface area contributed by atoms with Gasteiger partial charge in [-0.15, -0.1) is 0 Å². The molecule has 0 aromatic heterocycles. The number of hydrogen-bond donors (Lipinski definition) is 1. The molecule has 0 aliphatic heterocycles. The fourth-order valence-electron chi connectivity index (χ4n) is 1.67. The highest BCUT2D eigenvalue weighted by atomic mass is 127. The predicted molar refractivity (Wildman–Crippen MR) is 86.5 cm³/mol. The van der Waals surface area contributed by atoms with Gasteiger partial charge in [-0.1, -0.05) is 35.5 Å². The van der Waals surface area contributed by atoms with Gasteiger partial charge in [0.1, 0.15) is 0 Å². The normalized spacial score (nSPS) is 11.2. The lowest BCUT2D eigenvalue weighted by Gasteiger charge is -2.04. The van der Waals surface area contributed by atoms with Crippen LogP contribution in [0, 0.1) is 10.5 Å². The Bertz CT molecular complexity index is 668. The van der Waals surface area contributed by atoms with Crippen LogP contribution in [0.15, 0.2) is 53.7 Å². The first kappa shape index (κ1) is 14.5. The molecule has 0 fully saturated rings. The van der Waals surface area contributed by atoms with Crippen molar-refractivity contribution < 1.29 is 9.63 Å². The van der Waals surface area contributed by atoms with Crippen molar-refractivity contribution in [3.05, 3.63) is 68.8 Å². The Morgan fingerprint density at radius 2 is 1.95 bits per heavy atom. The Morgan fingerprint density at radius 1 is 1.20 bits per heavy atom. The average Bonchev–Trinajstić information content (AvgIpc) is 2.45. The maximum Gasteiger partial charge on any atom is 0.365 e. The van der Waals surface area contributed by atoms with E-state index < -0.39 is 5.97 Å². The summed E-state index contributed by atoms with van der Waals surface area (Å²) in [6.07, 6.45) is 0. The molecule has 0 radical (unpaired) electrons. The summed E-state index contributed by atoms with van der Waals surface area (Å²) < 4.78 is 0.952. The highest BCUT2D eigenvalue weighted by molar-refractivity contribution is 14.1. The Balaban J connectivity index is 2.13. The third-order valence-corrected chi connectivity index (χ3v) is 3.38. The minimum absolute atomic E-state index is 0.182. The molecule has 0 heterocycles. The zero-order valence-electron chi connectivity index (χ0n) is 10.8. The van der Waals surface area contributed by atoms with Crippen molar-refractivity contribution in [3.8, 4) is 0 Å². The number of benzene rings is 2. The molecular formula is C15H13IN2O2. The molecule has 20 heavy (non-hydrogen) atoms. The summed E-state index contributed by atoms with van der Waals surface area (Å²) in [6.45, 7) is 1.92. The highest BCUT2D eigenvalue weighted by Crippen LogP contribution is 2.10. The van der Waals surface area contributed by atoms with Crippen LogP contribution >= 0.6 is 22.6 Å². The molecule has 0 amide bonds. The van der Waals surface area contributed by atoms with E-state index in [1.165, 1.54) is 0 Å². The Kier molecular flexibility index (Phi) is 4.73. The molecule has 0 aliphatic rings. The lowest BCUT2D eigenvalue weighted by molar-refractivity contribution is 0.0516. The molecule has 0 saturated heterocycles. The third kappa shape index (κ3) is 3.57. The second-order valence-electron chi connectivity index (χ2n) is 4.18. The number of nitrogens with two attached hydrogens (primary N) is 1. The second kappa shape index (κ2) is 6.51. The molecule has 0 atom stereocenters. The zero-order valence-corrected chi connectivity index (χ0v) is 13.0. The van der Waals surface area contributed by atoms with Gasteiger partial charge < -0.3 is 10.6 Å². The summed E-state index contributed by atoms with van der Waals surface area (Å²) in [7, 11) is 0. The standard InChI is InChI=1S/C15H13IN2O2/c1-10-5-2-3-8-13(10)14(17)18-20-15(19)11-6-4-7-12(16)9-11/h2-9H,1H3,(H2,17,18). The fraction of sp³-hybridized carbons (Fsp3) is 0.0667. The Morgan fingerprint density at radius 3 is 2.65 bits per heavy atom. The Labute approximate surface area is 130 Å². The summed E-state index contributed by atoms with van der Waals surface area (Å²) in [6, 6.07) is 14.6. The van der Waals surface area contributed by atoms with E-state index in [-0.39, 0.29) is 5.84 Å². The number of carbonyl (C=O) groups is 1. The average molecular weight is 380 g/mol. The van der Waals surface area contributed by atoms with Gasteiger partial charge in [0.15, 0.2) is 5.84 Å². The monoisotopic (exact) mass is 380 g/mol. The molecule has 2 aromatic carbocycles. The molecule has 2 N–H and O–H groups in total. The van der Waals surface area contributed by atoms with Crippen LogP contribution in [0.25, 0.3) is 0 Å². The molecule has 0 aliphatic carbocycles. The first-order valence-corrected chi connectivity index (χ1v) is 7.02.